The maximum atomic E-state index is 12.7. The second kappa shape index (κ2) is 9.55. The lowest BCUT2D eigenvalue weighted by atomic mass is 9.90. The van der Waals surface area contributed by atoms with Gasteiger partial charge in [0.2, 0.25) is 0 Å². The number of nitrogens with zero attached hydrogens (tertiary/aromatic N) is 2. The van der Waals surface area contributed by atoms with Gasteiger partial charge in [0, 0.05) is 26.2 Å². The SMILES string of the molecule is O=C(C[NH+]1CCC(Cc2ccccc2)CC1)N1CCN(C(=O)c2cccs2)CC1. The predicted octanol–water partition coefficient (Wildman–Crippen LogP) is 1.57. The standard InChI is InChI=1S/C23H29N3O2S/c27-22(25-12-14-26(15-13-25)23(28)21-7-4-16-29-21)18-24-10-8-20(9-11-24)17-19-5-2-1-3-6-19/h1-7,16,20H,8-15,17-18H2/p+1. The number of piperazine rings is 1. The van der Waals surface area contributed by atoms with E-state index in [1.807, 2.05) is 27.3 Å². The van der Waals surface area contributed by atoms with Crippen LogP contribution in [0.3, 0.4) is 0 Å². The van der Waals surface area contributed by atoms with Crippen molar-refractivity contribution in [1.29, 1.82) is 0 Å². The Balaban J connectivity index is 1.18. The Kier molecular flexibility index (Phi) is 6.62. The highest BCUT2D eigenvalue weighted by Gasteiger charge is 2.29. The minimum atomic E-state index is 0.0956. The van der Waals surface area contributed by atoms with Crippen molar-refractivity contribution in [3.05, 3.63) is 58.3 Å². The van der Waals surface area contributed by atoms with Crippen LogP contribution in [-0.4, -0.2) is 67.4 Å². The van der Waals surface area contributed by atoms with Crippen LogP contribution in [0.1, 0.15) is 28.1 Å². The predicted molar refractivity (Wildman–Crippen MR) is 115 cm³/mol. The average Bonchev–Trinajstić information content (AvgIpc) is 3.30. The summed E-state index contributed by atoms with van der Waals surface area (Å²) in [7, 11) is 0. The van der Waals surface area contributed by atoms with Gasteiger partial charge in [0.25, 0.3) is 11.8 Å². The average molecular weight is 413 g/mol. The van der Waals surface area contributed by atoms with Gasteiger partial charge in [-0.1, -0.05) is 36.4 Å². The van der Waals surface area contributed by atoms with Gasteiger partial charge >= 0.3 is 0 Å². The van der Waals surface area contributed by atoms with Crippen LogP contribution in [-0.2, 0) is 11.2 Å². The molecule has 2 aliphatic heterocycles. The fourth-order valence-electron chi connectivity index (χ4n) is 4.45. The molecule has 2 amide bonds. The van der Waals surface area contributed by atoms with E-state index < -0.39 is 0 Å². The third kappa shape index (κ3) is 5.25. The molecule has 0 unspecified atom stereocenters. The molecule has 1 N–H and O–H groups in total. The summed E-state index contributed by atoms with van der Waals surface area (Å²) in [5, 5.41) is 1.93. The van der Waals surface area contributed by atoms with E-state index in [0.717, 1.165) is 30.3 Å². The number of carbonyl (C=O) groups excluding carboxylic acids is 2. The molecule has 2 aromatic rings. The van der Waals surface area contributed by atoms with Crippen molar-refractivity contribution < 1.29 is 14.5 Å². The van der Waals surface area contributed by atoms with Crippen LogP contribution in [0.5, 0.6) is 0 Å². The summed E-state index contributed by atoms with van der Waals surface area (Å²) in [6.07, 6.45) is 3.55. The molecule has 154 valence electrons. The van der Waals surface area contributed by atoms with Crippen LogP contribution >= 0.6 is 11.3 Å². The van der Waals surface area contributed by atoms with Gasteiger partial charge in [-0.15, -0.1) is 11.3 Å². The second-order valence-electron chi connectivity index (χ2n) is 8.21. The number of thiophene rings is 1. The number of quaternary nitrogens is 1. The molecule has 0 atom stereocenters. The molecular formula is C23H30N3O2S+. The highest BCUT2D eigenvalue weighted by atomic mass is 32.1. The number of hydrogen-bond donors (Lipinski definition) is 1. The third-order valence-corrected chi connectivity index (χ3v) is 7.09. The van der Waals surface area contributed by atoms with E-state index in [-0.39, 0.29) is 11.8 Å². The first kappa shape index (κ1) is 20.1. The summed E-state index contributed by atoms with van der Waals surface area (Å²) in [6.45, 7) is 5.34. The van der Waals surface area contributed by atoms with Crippen molar-refractivity contribution in [3.8, 4) is 0 Å². The number of rotatable bonds is 5. The Hall–Kier alpha value is -2.18. The monoisotopic (exact) mass is 412 g/mol. The fourth-order valence-corrected chi connectivity index (χ4v) is 5.15. The lowest BCUT2D eigenvalue weighted by Crippen LogP contribution is -3.14. The molecule has 2 fully saturated rings. The van der Waals surface area contributed by atoms with Crippen LogP contribution in [0.25, 0.3) is 0 Å². The Bertz CT molecular complexity index is 793. The van der Waals surface area contributed by atoms with Crippen molar-refractivity contribution in [2.24, 2.45) is 5.92 Å². The Morgan fingerprint density at radius 1 is 0.931 bits per heavy atom. The summed E-state index contributed by atoms with van der Waals surface area (Å²) >= 11 is 1.48. The lowest BCUT2D eigenvalue weighted by Gasteiger charge is -2.36. The molecule has 2 saturated heterocycles. The normalized spacial score (nSPS) is 22.5. The topological polar surface area (TPSA) is 45.1 Å². The van der Waals surface area contributed by atoms with Gasteiger partial charge in [-0.25, -0.2) is 0 Å². The first-order chi connectivity index (χ1) is 14.2. The highest BCUT2D eigenvalue weighted by molar-refractivity contribution is 7.12. The molecule has 1 aromatic carbocycles. The number of benzene rings is 1. The quantitative estimate of drug-likeness (QED) is 0.810. The number of hydrogen-bond acceptors (Lipinski definition) is 3. The third-order valence-electron chi connectivity index (χ3n) is 6.23. The zero-order valence-corrected chi connectivity index (χ0v) is 17.7. The van der Waals surface area contributed by atoms with Gasteiger partial charge in [0.15, 0.2) is 6.54 Å². The van der Waals surface area contributed by atoms with Crippen molar-refractivity contribution in [3.63, 3.8) is 0 Å². The molecule has 3 heterocycles. The number of likely N-dealkylation sites (tertiary alicyclic amines) is 1. The molecule has 0 spiro atoms. The largest absolute Gasteiger partial charge is 0.334 e. The molecule has 0 aliphatic carbocycles. The zero-order valence-electron chi connectivity index (χ0n) is 16.9. The van der Waals surface area contributed by atoms with Gasteiger partial charge in [-0.2, -0.15) is 0 Å². The second-order valence-corrected chi connectivity index (χ2v) is 9.16. The number of piperidine rings is 1. The summed E-state index contributed by atoms with van der Waals surface area (Å²) in [5.41, 5.74) is 1.42. The van der Waals surface area contributed by atoms with Crippen molar-refractivity contribution in [1.82, 2.24) is 9.80 Å². The molecule has 6 heteroatoms. The van der Waals surface area contributed by atoms with E-state index in [1.165, 1.54) is 34.6 Å². The van der Waals surface area contributed by atoms with E-state index in [4.69, 9.17) is 0 Å². The van der Waals surface area contributed by atoms with Crippen LogP contribution < -0.4 is 4.90 Å². The van der Waals surface area contributed by atoms with Crippen LogP contribution in [0.2, 0.25) is 0 Å². The van der Waals surface area contributed by atoms with Crippen LogP contribution in [0.15, 0.2) is 47.8 Å². The summed E-state index contributed by atoms with van der Waals surface area (Å²) < 4.78 is 0. The lowest BCUT2D eigenvalue weighted by molar-refractivity contribution is -0.898. The molecule has 0 saturated carbocycles. The molecule has 1 aromatic heterocycles. The van der Waals surface area contributed by atoms with Gasteiger partial charge in [0.1, 0.15) is 0 Å². The fraction of sp³-hybridized carbons (Fsp3) is 0.478. The Morgan fingerprint density at radius 3 is 2.28 bits per heavy atom. The maximum absolute atomic E-state index is 12.7. The first-order valence-corrected chi connectivity index (χ1v) is 11.5. The smallest absolute Gasteiger partial charge is 0.277 e. The molecular weight excluding hydrogens is 382 g/mol. The Morgan fingerprint density at radius 2 is 1.62 bits per heavy atom. The molecule has 5 nitrogen and oxygen atoms in total. The number of carbonyl (C=O) groups is 2. The zero-order chi connectivity index (χ0) is 20.1. The van der Waals surface area contributed by atoms with Crippen LogP contribution in [0, 0.1) is 5.92 Å². The maximum Gasteiger partial charge on any atom is 0.277 e. The van der Waals surface area contributed by atoms with E-state index in [2.05, 4.69) is 30.3 Å². The van der Waals surface area contributed by atoms with Gasteiger partial charge in [-0.3, -0.25) is 9.59 Å². The number of nitrogens with one attached hydrogen (secondary N) is 1. The Labute approximate surface area is 176 Å². The van der Waals surface area contributed by atoms with E-state index in [1.54, 1.807) is 0 Å². The first-order valence-electron chi connectivity index (χ1n) is 10.7. The van der Waals surface area contributed by atoms with Crippen molar-refractivity contribution in [2.45, 2.75) is 19.3 Å². The minimum Gasteiger partial charge on any atom is -0.334 e. The molecule has 0 radical (unpaired) electrons. The van der Waals surface area contributed by atoms with Crippen molar-refractivity contribution in [2.75, 3.05) is 45.8 Å². The van der Waals surface area contributed by atoms with E-state index in [0.29, 0.717) is 32.7 Å². The summed E-state index contributed by atoms with van der Waals surface area (Å²) in [4.78, 5) is 31.2. The van der Waals surface area contributed by atoms with Gasteiger partial charge in [0.05, 0.1) is 18.0 Å². The van der Waals surface area contributed by atoms with E-state index in [9.17, 15) is 9.59 Å². The van der Waals surface area contributed by atoms with E-state index >= 15 is 0 Å². The van der Waals surface area contributed by atoms with Gasteiger partial charge in [-0.05, 0) is 42.2 Å². The molecule has 0 bridgehead atoms. The van der Waals surface area contributed by atoms with Crippen molar-refractivity contribution >= 4 is 23.2 Å². The molecule has 29 heavy (non-hydrogen) atoms. The molecule has 4 rings (SSSR count). The highest BCUT2D eigenvalue weighted by Crippen LogP contribution is 2.17. The summed E-state index contributed by atoms with van der Waals surface area (Å²) in [5.74, 6) is 1.08. The van der Waals surface area contributed by atoms with Gasteiger partial charge < -0.3 is 14.7 Å². The van der Waals surface area contributed by atoms with Crippen LogP contribution in [0.4, 0.5) is 0 Å². The summed E-state index contributed by atoms with van der Waals surface area (Å²) in [6, 6.07) is 14.5. The number of amides is 2. The molecule has 2 aliphatic rings. The minimum absolute atomic E-state index is 0.0956.